The Balaban J connectivity index is 1.67. The maximum atomic E-state index is 12.7. The summed E-state index contributed by atoms with van der Waals surface area (Å²) in [5, 5.41) is 4.08. The van der Waals surface area contributed by atoms with E-state index in [0.717, 1.165) is 33.7 Å². The highest BCUT2D eigenvalue weighted by molar-refractivity contribution is 7.99. The normalized spacial score (nSPS) is 12.2. The van der Waals surface area contributed by atoms with Gasteiger partial charge in [-0.2, -0.15) is 0 Å². The van der Waals surface area contributed by atoms with Gasteiger partial charge in [0.15, 0.2) is 5.16 Å². The molecule has 5 nitrogen and oxygen atoms in total. The van der Waals surface area contributed by atoms with Crippen LogP contribution in [0.25, 0.3) is 10.2 Å². The van der Waals surface area contributed by atoms with Crippen LogP contribution in [0.4, 0.5) is 0 Å². The molecule has 0 fully saturated rings. The summed E-state index contributed by atoms with van der Waals surface area (Å²) in [6.07, 6.45) is 1.97. The molecule has 1 unspecified atom stereocenters. The van der Waals surface area contributed by atoms with Crippen LogP contribution >= 0.6 is 23.1 Å². The van der Waals surface area contributed by atoms with Crippen LogP contribution in [0.5, 0.6) is 0 Å². The number of carbonyl (C=O) groups is 1. The first-order chi connectivity index (χ1) is 13.5. The molecule has 2 aromatic heterocycles. The van der Waals surface area contributed by atoms with Gasteiger partial charge in [0.05, 0.1) is 11.1 Å². The van der Waals surface area contributed by atoms with E-state index in [0.29, 0.717) is 23.0 Å². The fraction of sp³-hybridized carbons (Fsp3) is 0.381. The van der Waals surface area contributed by atoms with Crippen molar-refractivity contribution in [1.82, 2.24) is 15.3 Å². The number of aryl methyl sites for hydroxylation is 1. The number of rotatable bonds is 8. The fourth-order valence-electron chi connectivity index (χ4n) is 2.94. The van der Waals surface area contributed by atoms with Gasteiger partial charge in [0.25, 0.3) is 5.56 Å². The lowest BCUT2D eigenvalue weighted by Gasteiger charge is -2.08. The van der Waals surface area contributed by atoms with Crippen LogP contribution < -0.4 is 10.9 Å². The molecule has 1 aromatic carbocycles. The molecule has 0 bridgehead atoms. The van der Waals surface area contributed by atoms with Gasteiger partial charge in [-0.15, -0.1) is 11.3 Å². The highest BCUT2D eigenvalue weighted by Crippen LogP contribution is 2.30. The van der Waals surface area contributed by atoms with Crippen molar-refractivity contribution in [1.29, 1.82) is 0 Å². The quantitative estimate of drug-likeness (QED) is 0.425. The van der Waals surface area contributed by atoms with E-state index in [1.165, 1.54) is 11.8 Å². The molecule has 0 saturated heterocycles. The predicted molar refractivity (Wildman–Crippen MR) is 117 cm³/mol. The number of hydrogen-bond donors (Lipinski definition) is 2. The maximum Gasteiger partial charge on any atom is 0.260 e. The summed E-state index contributed by atoms with van der Waals surface area (Å²) < 4.78 is 0. The van der Waals surface area contributed by atoms with Crippen molar-refractivity contribution < 1.29 is 4.79 Å². The summed E-state index contributed by atoms with van der Waals surface area (Å²) in [6.45, 7) is 6.90. The molecule has 3 aromatic rings. The van der Waals surface area contributed by atoms with Crippen molar-refractivity contribution in [2.45, 2.75) is 45.3 Å². The lowest BCUT2D eigenvalue weighted by molar-refractivity contribution is -0.118. The van der Waals surface area contributed by atoms with Gasteiger partial charge in [-0.25, -0.2) is 4.98 Å². The molecule has 28 heavy (non-hydrogen) atoms. The number of fused-ring (bicyclic) bond motifs is 1. The molecule has 0 aliphatic carbocycles. The smallest absolute Gasteiger partial charge is 0.260 e. The van der Waals surface area contributed by atoms with Crippen molar-refractivity contribution in [2.24, 2.45) is 5.92 Å². The summed E-state index contributed by atoms with van der Waals surface area (Å²) >= 11 is 2.81. The standard InChI is InChI=1S/C21H25N3O2S2/c1-4-13(2)10-16-14(3)28-20-18(16)19(26)23-21(24-20)27-12-17(25)22-11-15-8-6-5-7-9-15/h5-9,13H,4,10-12H2,1-3H3,(H,22,25)(H,23,24,26). The number of amides is 1. The van der Waals surface area contributed by atoms with E-state index in [9.17, 15) is 9.59 Å². The summed E-state index contributed by atoms with van der Waals surface area (Å²) in [5.74, 6) is 0.653. The van der Waals surface area contributed by atoms with Gasteiger partial charge in [-0.3, -0.25) is 9.59 Å². The summed E-state index contributed by atoms with van der Waals surface area (Å²) in [4.78, 5) is 34.1. The molecule has 2 heterocycles. The monoisotopic (exact) mass is 415 g/mol. The Bertz CT molecular complexity index is 1010. The number of aromatic amines is 1. The van der Waals surface area contributed by atoms with E-state index >= 15 is 0 Å². The zero-order valence-corrected chi connectivity index (χ0v) is 18.0. The number of H-pyrrole nitrogens is 1. The molecule has 0 saturated carbocycles. The van der Waals surface area contributed by atoms with Gasteiger partial charge in [0, 0.05) is 11.4 Å². The van der Waals surface area contributed by atoms with Gasteiger partial charge >= 0.3 is 0 Å². The molecule has 2 N–H and O–H groups in total. The third-order valence-corrected chi connectivity index (χ3v) is 6.68. The summed E-state index contributed by atoms with van der Waals surface area (Å²) in [6, 6.07) is 9.77. The lowest BCUT2D eigenvalue weighted by atomic mass is 9.98. The van der Waals surface area contributed by atoms with Crippen LogP contribution in [0.3, 0.4) is 0 Å². The first-order valence-corrected chi connectivity index (χ1v) is 11.2. The van der Waals surface area contributed by atoms with Gasteiger partial charge in [-0.1, -0.05) is 62.4 Å². The molecular weight excluding hydrogens is 390 g/mol. The summed E-state index contributed by atoms with van der Waals surface area (Å²) in [7, 11) is 0. The van der Waals surface area contributed by atoms with Gasteiger partial charge < -0.3 is 10.3 Å². The van der Waals surface area contributed by atoms with Crippen LogP contribution in [0.1, 0.15) is 36.3 Å². The number of carbonyl (C=O) groups excluding carboxylic acids is 1. The third kappa shape index (κ3) is 5.02. The molecule has 3 rings (SSSR count). The Morgan fingerprint density at radius 1 is 1.32 bits per heavy atom. The lowest BCUT2D eigenvalue weighted by Crippen LogP contribution is -2.24. The predicted octanol–water partition coefficient (Wildman–Crippen LogP) is 4.29. The number of nitrogens with zero attached hydrogens (tertiary/aromatic N) is 1. The number of thioether (sulfide) groups is 1. The molecule has 1 atom stereocenters. The molecule has 0 spiro atoms. The highest BCUT2D eigenvalue weighted by atomic mass is 32.2. The van der Waals surface area contributed by atoms with E-state index in [2.05, 4.69) is 29.1 Å². The topological polar surface area (TPSA) is 74.8 Å². The van der Waals surface area contributed by atoms with E-state index in [1.54, 1.807) is 11.3 Å². The number of aromatic nitrogens is 2. The van der Waals surface area contributed by atoms with E-state index < -0.39 is 0 Å². The first-order valence-electron chi connectivity index (χ1n) is 9.43. The zero-order chi connectivity index (χ0) is 20.1. The van der Waals surface area contributed by atoms with E-state index in [4.69, 9.17) is 0 Å². The van der Waals surface area contributed by atoms with Crippen molar-refractivity contribution >= 4 is 39.2 Å². The zero-order valence-electron chi connectivity index (χ0n) is 16.4. The van der Waals surface area contributed by atoms with Crippen molar-refractivity contribution in [3.05, 3.63) is 56.7 Å². The molecule has 0 aliphatic rings. The van der Waals surface area contributed by atoms with Crippen LogP contribution in [-0.4, -0.2) is 21.6 Å². The van der Waals surface area contributed by atoms with Crippen molar-refractivity contribution in [2.75, 3.05) is 5.75 Å². The van der Waals surface area contributed by atoms with Crippen LogP contribution in [0.15, 0.2) is 40.3 Å². The number of thiophene rings is 1. The maximum absolute atomic E-state index is 12.7. The Morgan fingerprint density at radius 3 is 2.79 bits per heavy atom. The molecule has 0 aliphatic heterocycles. The first kappa shape index (κ1) is 20.6. The second kappa shape index (κ2) is 9.39. The Kier molecular flexibility index (Phi) is 6.91. The largest absolute Gasteiger partial charge is 0.351 e. The minimum Gasteiger partial charge on any atom is -0.351 e. The Morgan fingerprint density at radius 2 is 2.07 bits per heavy atom. The Hall–Kier alpha value is -2.12. The van der Waals surface area contributed by atoms with Crippen molar-refractivity contribution in [3.8, 4) is 0 Å². The molecule has 0 radical (unpaired) electrons. The SMILES string of the molecule is CCC(C)Cc1c(C)sc2nc(SCC(=O)NCc3ccccc3)[nH]c(=O)c12. The highest BCUT2D eigenvalue weighted by Gasteiger charge is 2.17. The fourth-order valence-corrected chi connectivity index (χ4v) is 4.75. The van der Waals surface area contributed by atoms with Gasteiger partial charge in [0.1, 0.15) is 4.83 Å². The van der Waals surface area contributed by atoms with E-state index in [1.807, 2.05) is 37.3 Å². The minimum absolute atomic E-state index is 0.0866. The molecule has 1 amide bonds. The van der Waals surface area contributed by atoms with E-state index in [-0.39, 0.29) is 17.2 Å². The molecular formula is C21H25N3O2S2. The minimum atomic E-state index is -0.111. The Labute approximate surface area is 173 Å². The van der Waals surface area contributed by atoms with Crippen molar-refractivity contribution in [3.63, 3.8) is 0 Å². The number of hydrogen-bond acceptors (Lipinski definition) is 5. The average molecular weight is 416 g/mol. The average Bonchev–Trinajstić information content (AvgIpc) is 3.01. The third-order valence-electron chi connectivity index (χ3n) is 4.76. The van der Waals surface area contributed by atoms with Gasteiger partial charge in [0.2, 0.25) is 5.91 Å². The molecule has 148 valence electrons. The van der Waals surface area contributed by atoms with Crippen LogP contribution in [0, 0.1) is 12.8 Å². The van der Waals surface area contributed by atoms with Crippen LogP contribution in [0.2, 0.25) is 0 Å². The second-order valence-electron chi connectivity index (χ2n) is 6.96. The van der Waals surface area contributed by atoms with Gasteiger partial charge in [-0.05, 0) is 30.4 Å². The van der Waals surface area contributed by atoms with Crippen LogP contribution in [-0.2, 0) is 17.8 Å². The second-order valence-corrected chi connectivity index (χ2v) is 9.12. The number of benzene rings is 1. The summed E-state index contributed by atoms with van der Waals surface area (Å²) in [5.41, 5.74) is 2.05. The number of nitrogens with one attached hydrogen (secondary N) is 2. The molecule has 7 heteroatoms.